The van der Waals surface area contributed by atoms with Crippen LogP contribution in [-0.2, 0) is 16.1 Å². The van der Waals surface area contributed by atoms with Crippen LogP contribution in [0.25, 0.3) is 5.76 Å². The molecule has 0 spiro atoms. The average Bonchev–Trinajstić information content (AvgIpc) is 3.37. The number of aliphatic hydroxyl groups is 1. The third-order valence-electron chi connectivity index (χ3n) is 5.07. The summed E-state index contributed by atoms with van der Waals surface area (Å²) in [7, 11) is 0. The number of hydrogen-bond acceptors (Lipinski definition) is 5. The van der Waals surface area contributed by atoms with E-state index in [2.05, 4.69) is 0 Å². The molecule has 0 aliphatic carbocycles. The topological polar surface area (TPSA) is 80.0 Å². The van der Waals surface area contributed by atoms with Crippen molar-refractivity contribution >= 4 is 29.1 Å². The fourth-order valence-electron chi connectivity index (χ4n) is 3.64. The molecule has 31 heavy (non-hydrogen) atoms. The molecule has 0 radical (unpaired) electrons. The van der Waals surface area contributed by atoms with Gasteiger partial charge in [0.15, 0.2) is 0 Å². The van der Waals surface area contributed by atoms with Crippen LogP contribution in [0, 0.1) is 0 Å². The number of furan rings is 1. The Kier molecular flexibility index (Phi) is 5.82. The molecule has 4 rings (SSSR count). The Morgan fingerprint density at radius 3 is 2.42 bits per heavy atom. The molecule has 1 atom stereocenters. The second kappa shape index (κ2) is 8.70. The summed E-state index contributed by atoms with van der Waals surface area (Å²) in [5, 5.41) is 11.5. The van der Waals surface area contributed by atoms with Crippen molar-refractivity contribution in [3.63, 3.8) is 0 Å². The molecule has 1 fully saturated rings. The number of ether oxygens (including phenoxy) is 1. The highest BCUT2D eigenvalue weighted by Gasteiger charge is 2.46. The van der Waals surface area contributed by atoms with Crippen LogP contribution in [-0.4, -0.2) is 28.3 Å². The van der Waals surface area contributed by atoms with Gasteiger partial charge in [0.2, 0.25) is 0 Å². The Bertz CT molecular complexity index is 1120. The molecule has 1 aliphatic rings. The van der Waals surface area contributed by atoms with E-state index in [1.165, 1.54) is 11.2 Å². The van der Waals surface area contributed by atoms with E-state index < -0.39 is 17.7 Å². The molecule has 2 aromatic carbocycles. The quantitative estimate of drug-likeness (QED) is 0.335. The van der Waals surface area contributed by atoms with Crippen LogP contribution < -0.4 is 4.74 Å². The second-order valence-corrected chi connectivity index (χ2v) is 7.45. The van der Waals surface area contributed by atoms with Gasteiger partial charge in [-0.1, -0.05) is 23.7 Å². The van der Waals surface area contributed by atoms with Crippen molar-refractivity contribution in [2.45, 2.75) is 19.5 Å². The van der Waals surface area contributed by atoms with Crippen LogP contribution in [0.1, 0.15) is 29.9 Å². The maximum Gasteiger partial charge on any atom is 0.296 e. The largest absolute Gasteiger partial charge is 0.507 e. The van der Waals surface area contributed by atoms with Gasteiger partial charge in [-0.15, -0.1) is 0 Å². The lowest BCUT2D eigenvalue weighted by atomic mass is 9.95. The van der Waals surface area contributed by atoms with Gasteiger partial charge < -0.3 is 19.2 Å². The van der Waals surface area contributed by atoms with Crippen LogP contribution in [0.3, 0.4) is 0 Å². The van der Waals surface area contributed by atoms with E-state index in [4.69, 9.17) is 20.8 Å². The third kappa shape index (κ3) is 4.07. The van der Waals surface area contributed by atoms with Gasteiger partial charge in [0, 0.05) is 10.6 Å². The molecule has 6 nitrogen and oxygen atoms in total. The highest BCUT2D eigenvalue weighted by atomic mass is 35.5. The smallest absolute Gasteiger partial charge is 0.296 e. The number of likely N-dealkylation sites (tertiary alicyclic amines) is 1. The van der Waals surface area contributed by atoms with Crippen LogP contribution in [0.2, 0.25) is 5.02 Å². The Morgan fingerprint density at radius 1 is 1.10 bits per heavy atom. The molecule has 1 aliphatic heterocycles. The first kappa shape index (κ1) is 20.8. The predicted molar refractivity (Wildman–Crippen MR) is 116 cm³/mol. The van der Waals surface area contributed by atoms with Gasteiger partial charge in [0.25, 0.3) is 11.7 Å². The Hall–Kier alpha value is -3.51. The normalized spacial score (nSPS) is 17.9. The molecule has 2 heterocycles. The Morgan fingerprint density at radius 2 is 1.81 bits per heavy atom. The summed E-state index contributed by atoms with van der Waals surface area (Å²) in [6, 6.07) is 16.2. The summed E-state index contributed by atoms with van der Waals surface area (Å²) in [4.78, 5) is 27.3. The number of ketones is 1. The first-order chi connectivity index (χ1) is 15.0. The summed E-state index contributed by atoms with van der Waals surface area (Å²) < 4.78 is 10.9. The van der Waals surface area contributed by atoms with Gasteiger partial charge in [-0.25, -0.2) is 0 Å². The van der Waals surface area contributed by atoms with Crippen LogP contribution >= 0.6 is 11.6 Å². The predicted octanol–water partition coefficient (Wildman–Crippen LogP) is 4.95. The lowest BCUT2D eigenvalue weighted by molar-refractivity contribution is -0.140. The Labute approximate surface area is 184 Å². The summed E-state index contributed by atoms with van der Waals surface area (Å²) in [5.41, 5.74) is 1.09. The first-order valence-electron chi connectivity index (χ1n) is 9.79. The van der Waals surface area contributed by atoms with Crippen molar-refractivity contribution in [2.75, 3.05) is 6.61 Å². The molecule has 1 amide bonds. The third-order valence-corrected chi connectivity index (χ3v) is 5.32. The average molecular weight is 438 g/mol. The molecular weight excluding hydrogens is 418 g/mol. The van der Waals surface area contributed by atoms with E-state index in [0.29, 0.717) is 34.3 Å². The van der Waals surface area contributed by atoms with Crippen molar-refractivity contribution in [2.24, 2.45) is 0 Å². The van der Waals surface area contributed by atoms with Gasteiger partial charge in [-0.2, -0.15) is 0 Å². The molecule has 1 saturated heterocycles. The van der Waals surface area contributed by atoms with Crippen LogP contribution in [0.4, 0.5) is 0 Å². The number of carbonyl (C=O) groups is 2. The minimum Gasteiger partial charge on any atom is -0.507 e. The van der Waals surface area contributed by atoms with E-state index in [1.807, 2.05) is 6.92 Å². The molecule has 3 aromatic rings. The number of Topliss-reactive ketones (excluding diaryl/α,β-unsaturated/α-hetero) is 1. The van der Waals surface area contributed by atoms with E-state index >= 15 is 0 Å². The van der Waals surface area contributed by atoms with E-state index in [1.54, 1.807) is 60.7 Å². The monoisotopic (exact) mass is 437 g/mol. The summed E-state index contributed by atoms with van der Waals surface area (Å²) in [6.45, 7) is 2.50. The van der Waals surface area contributed by atoms with E-state index in [9.17, 15) is 14.7 Å². The van der Waals surface area contributed by atoms with E-state index in [0.717, 1.165) is 0 Å². The minimum absolute atomic E-state index is 0.0167. The summed E-state index contributed by atoms with van der Waals surface area (Å²) >= 11 is 5.95. The maximum absolute atomic E-state index is 13.0. The van der Waals surface area contributed by atoms with Crippen molar-refractivity contribution in [1.29, 1.82) is 0 Å². The zero-order valence-corrected chi connectivity index (χ0v) is 17.5. The first-order valence-corrected chi connectivity index (χ1v) is 10.2. The van der Waals surface area contributed by atoms with Crippen molar-refractivity contribution in [1.82, 2.24) is 4.90 Å². The molecule has 0 unspecified atom stereocenters. The number of benzene rings is 2. The van der Waals surface area contributed by atoms with Crippen LogP contribution in [0.15, 0.2) is 76.9 Å². The van der Waals surface area contributed by atoms with Gasteiger partial charge >= 0.3 is 0 Å². The lowest BCUT2D eigenvalue weighted by Crippen LogP contribution is -2.29. The van der Waals surface area contributed by atoms with Crippen molar-refractivity contribution < 1.29 is 23.8 Å². The number of rotatable bonds is 6. The minimum atomic E-state index is -0.781. The SMILES string of the molecule is CCOc1ccc([C@@H]2C(=C(O)c3ccc(Cl)cc3)C(=O)C(=O)N2Cc2ccco2)cc1. The fourth-order valence-corrected chi connectivity index (χ4v) is 3.76. The molecule has 1 aromatic heterocycles. The number of carbonyl (C=O) groups excluding carboxylic acids is 2. The molecular formula is C24H20ClNO5. The van der Waals surface area contributed by atoms with Crippen LogP contribution in [0.5, 0.6) is 5.75 Å². The summed E-state index contributed by atoms with van der Waals surface area (Å²) in [5.74, 6) is -0.504. The number of nitrogens with zero attached hydrogens (tertiary/aromatic N) is 1. The van der Waals surface area contributed by atoms with Crippen molar-refractivity contribution in [3.05, 3.63) is 94.4 Å². The van der Waals surface area contributed by atoms with Crippen molar-refractivity contribution in [3.8, 4) is 5.75 Å². The Balaban J connectivity index is 1.82. The van der Waals surface area contributed by atoms with Gasteiger partial charge in [-0.3, -0.25) is 9.59 Å². The maximum atomic E-state index is 13.0. The highest BCUT2D eigenvalue weighted by molar-refractivity contribution is 6.46. The number of hydrogen-bond donors (Lipinski definition) is 1. The van der Waals surface area contributed by atoms with E-state index in [-0.39, 0.29) is 17.9 Å². The molecule has 158 valence electrons. The number of amides is 1. The van der Waals surface area contributed by atoms with Gasteiger partial charge in [0.05, 0.1) is 31.0 Å². The molecule has 0 saturated carbocycles. The molecule has 1 N–H and O–H groups in total. The zero-order chi connectivity index (χ0) is 22.0. The summed E-state index contributed by atoms with van der Waals surface area (Å²) in [6.07, 6.45) is 1.51. The fraction of sp³-hybridized carbons (Fsp3) is 0.167. The standard InChI is InChI=1S/C24H20ClNO5/c1-2-30-18-11-7-15(8-12-18)21-20(22(27)16-5-9-17(25)10-6-16)23(28)24(29)26(21)14-19-4-3-13-31-19/h3-13,21,27H,2,14H2,1H3/t21-/m1/s1. The van der Waals surface area contributed by atoms with Gasteiger partial charge in [-0.05, 0) is 61.0 Å². The van der Waals surface area contributed by atoms with Gasteiger partial charge in [0.1, 0.15) is 17.3 Å². The molecule has 7 heteroatoms. The zero-order valence-electron chi connectivity index (χ0n) is 16.7. The lowest BCUT2D eigenvalue weighted by Gasteiger charge is -2.24. The molecule has 0 bridgehead atoms. The number of aliphatic hydroxyl groups excluding tert-OH is 1. The highest BCUT2D eigenvalue weighted by Crippen LogP contribution is 2.40. The number of halogens is 1. The second-order valence-electron chi connectivity index (χ2n) is 7.02.